The maximum Gasteiger partial charge on any atom is 0.419 e. The third kappa shape index (κ3) is 2.78. The van der Waals surface area contributed by atoms with Crippen molar-refractivity contribution in [3.8, 4) is 0 Å². The summed E-state index contributed by atoms with van der Waals surface area (Å²) in [6.07, 6.45) is 0.653. The quantitative estimate of drug-likeness (QED) is 0.671. The molecule has 0 aliphatic heterocycles. The van der Waals surface area contributed by atoms with Gasteiger partial charge in [-0.2, -0.15) is 0 Å². The Morgan fingerprint density at radius 1 is 1.29 bits per heavy atom. The Bertz CT molecular complexity index is 853. The number of nitrogens with zero attached hydrogens (tertiary/aromatic N) is 1. The maximum absolute atomic E-state index is 13.2. The van der Waals surface area contributed by atoms with Crippen molar-refractivity contribution >= 4 is 27.0 Å². The van der Waals surface area contributed by atoms with Gasteiger partial charge in [0.15, 0.2) is 5.58 Å². The Balaban J connectivity index is 1.91. The van der Waals surface area contributed by atoms with E-state index in [1.54, 1.807) is 13.1 Å². The zero-order chi connectivity index (χ0) is 15.0. The topological polar surface area (TPSA) is 35.1 Å². The molecule has 1 aromatic heterocycles. The summed E-state index contributed by atoms with van der Waals surface area (Å²) >= 11 is 3.61. The third-order valence-electron chi connectivity index (χ3n) is 3.48. The van der Waals surface area contributed by atoms with Gasteiger partial charge < -0.3 is 4.42 Å². The lowest BCUT2D eigenvalue weighted by molar-refractivity contribution is 0.528. The Morgan fingerprint density at radius 2 is 2.10 bits per heavy atom. The molecule has 0 saturated carbocycles. The second-order valence-corrected chi connectivity index (χ2v) is 6.06. The number of alkyl halides is 1. The Hall–Kier alpha value is -1.88. The number of benzene rings is 2. The summed E-state index contributed by atoms with van der Waals surface area (Å²) in [5, 5.41) is 0. The Labute approximate surface area is 129 Å². The normalized spacial score (nSPS) is 12.7. The Morgan fingerprint density at radius 3 is 2.86 bits per heavy atom. The molecule has 3 nitrogen and oxygen atoms in total. The molecule has 2 aromatic carbocycles. The number of hydrogen-bond acceptors (Lipinski definition) is 2. The summed E-state index contributed by atoms with van der Waals surface area (Å²) in [4.78, 5) is 11.5. The molecule has 1 atom stereocenters. The average Bonchev–Trinajstić information content (AvgIpc) is 2.73. The molecular weight excluding hydrogens is 337 g/mol. The van der Waals surface area contributed by atoms with Crippen molar-refractivity contribution in [2.75, 3.05) is 0 Å². The van der Waals surface area contributed by atoms with Crippen LogP contribution in [0.3, 0.4) is 0 Å². The van der Waals surface area contributed by atoms with Crippen LogP contribution in [0.4, 0.5) is 4.39 Å². The summed E-state index contributed by atoms with van der Waals surface area (Å²) in [6, 6.07) is 12.2. The SMILES string of the molecule is Cn1c(=O)oc2cc(C(Br)Cc3cccc(F)c3)ccc21. The molecule has 3 aromatic rings. The number of hydrogen-bond donors (Lipinski definition) is 0. The highest BCUT2D eigenvalue weighted by Crippen LogP contribution is 2.29. The van der Waals surface area contributed by atoms with Crippen molar-refractivity contribution in [2.45, 2.75) is 11.2 Å². The first-order valence-electron chi connectivity index (χ1n) is 6.52. The minimum atomic E-state index is -0.376. The largest absolute Gasteiger partial charge is 0.419 e. The Kier molecular flexibility index (Phi) is 3.68. The summed E-state index contributed by atoms with van der Waals surface area (Å²) in [5.41, 5.74) is 3.21. The van der Waals surface area contributed by atoms with Gasteiger partial charge in [0.1, 0.15) is 5.82 Å². The molecule has 0 amide bonds. The molecule has 0 radical (unpaired) electrons. The fourth-order valence-corrected chi connectivity index (χ4v) is 2.99. The fraction of sp³-hybridized carbons (Fsp3) is 0.188. The zero-order valence-corrected chi connectivity index (χ0v) is 12.9. The van der Waals surface area contributed by atoms with Crippen molar-refractivity contribution in [1.29, 1.82) is 0 Å². The van der Waals surface area contributed by atoms with E-state index in [0.29, 0.717) is 12.0 Å². The molecule has 21 heavy (non-hydrogen) atoms. The van der Waals surface area contributed by atoms with Crippen LogP contribution in [0.1, 0.15) is 16.0 Å². The van der Waals surface area contributed by atoms with Crippen molar-refractivity contribution in [1.82, 2.24) is 4.57 Å². The smallest absolute Gasteiger partial charge is 0.408 e. The lowest BCUT2D eigenvalue weighted by Gasteiger charge is -2.10. The van der Waals surface area contributed by atoms with Crippen molar-refractivity contribution < 1.29 is 8.81 Å². The lowest BCUT2D eigenvalue weighted by atomic mass is 10.0. The van der Waals surface area contributed by atoms with Gasteiger partial charge >= 0.3 is 5.76 Å². The molecule has 108 valence electrons. The van der Waals surface area contributed by atoms with Crippen LogP contribution in [0.5, 0.6) is 0 Å². The van der Waals surface area contributed by atoms with E-state index in [1.807, 2.05) is 24.3 Å². The predicted octanol–water partition coefficient (Wildman–Crippen LogP) is 3.95. The molecule has 5 heteroatoms. The van der Waals surface area contributed by atoms with Gasteiger partial charge in [-0.1, -0.05) is 34.1 Å². The second-order valence-electron chi connectivity index (χ2n) is 4.96. The molecular formula is C16H13BrFNO2. The van der Waals surface area contributed by atoms with Gasteiger partial charge in [-0.3, -0.25) is 4.57 Å². The van der Waals surface area contributed by atoms with Crippen LogP contribution in [-0.2, 0) is 13.5 Å². The van der Waals surface area contributed by atoms with E-state index in [9.17, 15) is 9.18 Å². The van der Waals surface area contributed by atoms with Crippen LogP contribution in [-0.4, -0.2) is 4.57 Å². The van der Waals surface area contributed by atoms with E-state index in [-0.39, 0.29) is 16.4 Å². The van der Waals surface area contributed by atoms with Gasteiger partial charge in [0.2, 0.25) is 0 Å². The van der Waals surface area contributed by atoms with E-state index >= 15 is 0 Å². The predicted molar refractivity (Wildman–Crippen MR) is 83.2 cm³/mol. The van der Waals surface area contributed by atoms with Gasteiger partial charge in [-0.15, -0.1) is 0 Å². The van der Waals surface area contributed by atoms with Crippen LogP contribution in [0, 0.1) is 5.82 Å². The van der Waals surface area contributed by atoms with E-state index < -0.39 is 0 Å². The number of aryl methyl sites for hydroxylation is 1. The fourth-order valence-electron chi connectivity index (χ4n) is 2.33. The molecule has 1 unspecified atom stereocenters. The van der Waals surface area contributed by atoms with E-state index in [2.05, 4.69) is 15.9 Å². The van der Waals surface area contributed by atoms with E-state index in [0.717, 1.165) is 16.6 Å². The first kappa shape index (κ1) is 14.1. The van der Waals surface area contributed by atoms with Gasteiger partial charge in [0.25, 0.3) is 0 Å². The highest BCUT2D eigenvalue weighted by Gasteiger charge is 2.12. The van der Waals surface area contributed by atoms with Gasteiger partial charge in [-0.25, -0.2) is 9.18 Å². The van der Waals surface area contributed by atoms with Crippen LogP contribution in [0.25, 0.3) is 11.1 Å². The molecule has 0 aliphatic rings. The highest BCUT2D eigenvalue weighted by atomic mass is 79.9. The summed E-state index contributed by atoms with van der Waals surface area (Å²) in [7, 11) is 1.67. The van der Waals surface area contributed by atoms with E-state index in [1.165, 1.54) is 16.7 Å². The van der Waals surface area contributed by atoms with Crippen molar-refractivity contribution in [3.63, 3.8) is 0 Å². The van der Waals surface area contributed by atoms with Crippen molar-refractivity contribution in [3.05, 3.63) is 70.0 Å². The number of halogens is 2. The standard InChI is InChI=1S/C16H13BrFNO2/c1-19-14-6-5-11(9-15(14)21-16(19)20)13(17)8-10-3-2-4-12(18)7-10/h2-7,9,13H,8H2,1H3. The summed E-state index contributed by atoms with van der Waals surface area (Å²) < 4.78 is 19.9. The highest BCUT2D eigenvalue weighted by molar-refractivity contribution is 9.09. The number of aromatic nitrogens is 1. The first-order valence-corrected chi connectivity index (χ1v) is 7.44. The number of fused-ring (bicyclic) bond motifs is 1. The second kappa shape index (κ2) is 5.48. The van der Waals surface area contributed by atoms with Crippen molar-refractivity contribution in [2.24, 2.45) is 7.05 Å². The molecule has 1 heterocycles. The molecule has 0 fully saturated rings. The molecule has 3 rings (SSSR count). The van der Waals surface area contributed by atoms with Crippen LogP contribution in [0.15, 0.2) is 51.7 Å². The van der Waals surface area contributed by atoms with Crippen LogP contribution < -0.4 is 5.76 Å². The average molecular weight is 350 g/mol. The molecule has 0 bridgehead atoms. The first-order chi connectivity index (χ1) is 10.0. The van der Waals surface area contributed by atoms with Gasteiger partial charge in [0, 0.05) is 11.9 Å². The van der Waals surface area contributed by atoms with Gasteiger partial charge in [-0.05, 0) is 41.8 Å². The number of oxazole rings is 1. The van der Waals surface area contributed by atoms with Gasteiger partial charge in [0.05, 0.1) is 5.52 Å². The molecule has 0 saturated heterocycles. The zero-order valence-electron chi connectivity index (χ0n) is 11.3. The molecule has 0 N–H and O–H groups in total. The summed E-state index contributed by atoms with van der Waals surface area (Å²) in [6.45, 7) is 0. The maximum atomic E-state index is 13.2. The summed E-state index contributed by atoms with van der Waals surface area (Å²) in [5.74, 6) is -0.616. The minimum absolute atomic E-state index is 0.0224. The monoisotopic (exact) mass is 349 g/mol. The third-order valence-corrected chi connectivity index (χ3v) is 4.33. The molecule has 0 spiro atoms. The number of rotatable bonds is 3. The van der Waals surface area contributed by atoms with E-state index in [4.69, 9.17) is 4.42 Å². The van der Waals surface area contributed by atoms with Crippen LogP contribution in [0.2, 0.25) is 0 Å². The van der Waals surface area contributed by atoms with Crippen LogP contribution >= 0.6 is 15.9 Å². The lowest BCUT2D eigenvalue weighted by Crippen LogP contribution is -2.08. The minimum Gasteiger partial charge on any atom is -0.408 e. The molecule has 0 aliphatic carbocycles.